The summed E-state index contributed by atoms with van der Waals surface area (Å²) in [5.41, 5.74) is 0.00295. The summed E-state index contributed by atoms with van der Waals surface area (Å²) in [6, 6.07) is 6.35. The van der Waals surface area contributed by atoms with Gasteiger partial charge in [-0.1, -0.05) is 19.1 Å². The third-order valence-electron chi connectivity index (χ3n) is 3.66. The number of aliphatic hydroxyl groups is 2. The summed E-state index contributed by atoms with van der Waals surface area (Å²) in [5.74, 6) is -1.81. The zero-order valence-corrected chi connectivity index (χ0v) is 14.2. The zero-order valence-electron chi connectivity index (χ0n) is 13.3. The monoisotopic (exact) mass is 367 g/mol. The Morgan fingerprint density at radius 1 is 1.28 bits per heavy atom. The van der Waals surface area contributed by atoms with Gasteiger partial charge in [-0.2, -0.15) is 4.76 Å². The lowest BCUT2D eigenvalue weighted by atomic mass is 9.88. The van der Waals surface area contributed by atoms with Crippen LogP contribution in [-0.2, 0) is 9.36 Å². The van der Waals surface area contributed by atoms with E-state index in [0.717, 1.165) is 6.08 Å². The highest BCUT2D eigenvalue weighted by Crippen LogP contribution is 2.39. The largest absolute Gasteiger partial charge is 0.512 e. The molecular weight excluding hydrogens is 349 g/mol. The molecule has 0 aromatic heterocycles. The molecule has 0 fully saturated rings. The number of Topliss-reactive ketones (excluding diaryl/α,β-unsaturated/α-hetero) is 1. The van der Waals surface area contributed by atoms with Crippen molar-refractivity contribution in [1.82, 2.24) is 0 Å². The number of aliphatic hydroxyl groups excluding tert-OH is 2. The highest BCUT2D eigenvalue weighted by molar-refractivity contribution is 7.50. The Balaban J connectivity index is 2.33. The number of hydrogen-bond acceptors (Lipinski definition) is 5. The Bertz CT molecular complexity index is 835. The molecule has 1 atom stereocenters. The average Bonchev–Trinajstić information content (AvgIpc) is 2.44. The number of rotatable bonds is 5. The highest BCUT2D eigenvalue weighted by Gasteiger charge is 2.29. The first kappa shape index (κ1) is 18.9. The minimum Gasteiger partial charge on any atom is -0.512 e. The summed E-state index contributed by atoms with van der Waals surface area (Å²) >= 11 is 0. The van der Waals surface area contributed by atoms with Crippen LogP contribution in [0.5, 0.6) is 5.75 Å². The van der Waals surface area contributed by atoms with E-state index in [2.05, 4.69) is 4.76 Å². The van der Waals surface area contributed by atoms with Gasteiger partial charge in [0, 0.05) is 18.9 Å². The van der Waals surface area contributed by atoms with Gasteiger partial charge in [0.05, 0.1) is 11.3 Å². The third-order valence-corrected chi connectivity index (χ3v) is 4.16. The van der Waals surface area contributed by atoms with Crippen LogP contribution in [0.15, 0.2) is 52.2 Å². The normalized spacial score (nSPS) is 18.2. The summed E-state index contributed by atoms with van der Waals surface area (Å²) < 4.78 is 14.3. The van der Waals surface area contributed by atoms with E-state index in [1.165, 1.54) is 12.1 Å². The molecule has 1 unspecified atom stereocenters. The number of aromatic hydroxyl groups is 1. The van der Waals surface area contributed by atoms with Crippen molar-refractivity contribution in [3.05, 3.63) is 53.0 Å². The van der Waals surface area contributed by atoms with Crippen LogP contribution < -0.4 is 0 Å². The molecule has 9 heteroatoms. The second-order valence-electron chi connectivity index (χ2n) is 5.76. The molecule has 134 valence electrons. The molecule has 0 heterocycles. The molecule has 1 aliphatic rings. The van der Waals surface area contributed by atoms with Gasteiger partial charge in [-0.05, 0) is 23.6 Å². The lowest BCUT2D eigenvalue weighted by Gasteiger charge is -2.18. The van der Waals surface area contributed by atoms with Crippen molar-refractivity contribution >= 4 is 19.2 Å². The minimum absolute atomic E-state index is 0.0492. The fourth-order valence-electron chi connectivity index (χ4n) is 2.56. The smallest absolute Gasteiger partial charge is 0.448 e. The Kier molecular flexibility index (Phi) is 5.47. The Morgan fingerprint density at radius 3 is 2.56 bits per heavy atom. The predicted octanol–water partition coefficient (Wildman–Crippen LogP) is 2.65. The molecule has 8 nitrogen and oxygen atoms in total. The van der Waals surface area contributed by atoms with Crippen LogP contribution in [0.3, 0.4) is 0 Å². The van der Waals surface area contributed by atoms with Gasteiger partial charge in [0.25, 0.3) is 0 Å². The zero-order chi connectivity index (χ0) is 18.8. The molecule has 0 aliphatic heterocycles. The third kappa shape index (κ3) is 5.03. The molecule has 1 aromatic carbocycles. The number of allylic oxidation sites excluding steroid dienone is 3. The van der Waals surface area contributed by atoms with Crippen LogP contribution in [0, 0.1) is 0 Å². The Hall–Kier alpha value is -2.41. The standard InChI is InChI=1S/C16H18NO7P/c1-9(10-3-2-4-11(18)6-10)5-14(20)16-13(17-25(22,23)24)7-12(19)8-15(16)21/h2-4,6,8-9,18-19,21H,5,7H2,1H3,(H2,22,23,24). The van der Waals surface area contributed by atoms with Crippen molar-refractivity contribution in [1.29, 1.82) is 0 Å². The molecule has 1 aromatic rings. The maximum Gasteiger partial charge on any atom is 0.448 e. The van der Waals surface area contributed by atoms with Gasteiger partial charge in [0.15, 0.2) is 5.78 Å². The van der Waals surface area contributed by atoms with Gasteiger partial charge < -0.3 is 25.1 Å². The topological polar surface area (TPSA) is 148 Å². The number of nitrogens with zero attached hydrogens (tertiary/aromatic N) is 1. The van der Waals surface area contributed by atoms with Crippen molar-refractivity contribution in [2.45, 2.75) is 25.7 Å². The van der Waals surface area contributed by atoms with Crippen molar-refractivity contribution < 1.29 is 34.5 Å². The van der Waals surface area contributed by atoms with Crippen LogP contribution in [0.25, 0.3) is 0 Å². The van der Waals surface area contributed by atoms with Crippen LogP contribution in [0.1, 0.15) is 31.2 Å². The summed E-state index contributed by atoms with van der Waals surface area (Å²) in [4.78, 5) is 30.6. The molecule has 0 saturated carbocycles. The number of ketones is 1. The van der Waals surface area contributed by atoms with Crippen molar-refractivity contribution in [3.63, 3.8) is 0 Å². The van der Waals surface area contributed by atoms with E-state index < -0.39 is 19.3 Å². The first-order chi connectivity index (χ1) is 11.6. The second-order valence-corrected chi connectivity index (χ2v) is 6.98. The maximum absolute atomic E-state index is 12.6. The quantitative estimate of drug-likeness (QED) is 0.502. The molecule has 25 heavy (non-hydrogen) atoms. The van der Waals surface area contributed by atoms with Gasteiger partial charge in [-0.3, -0.25) is 4.79 Å². The molecule has 0 spiro atoms. The highest BCUT2D eigenvalue weighted by atomic mass is 31.2. The van der Waals surface area contributed by atoms with Crippen molar-refractivity contribution in [2.75, 3.05) is 0 Å². The van der Waals surface area contributed by atoms with E-state index in [9.17, 15) is 24.7 Å². The second kappa shape index (κ2) is 7.23. The first-order valence-corrected chi connectivity index (χ1v) is 8.93. The lowest BCUT2D eigenvalue weighted by Crippen LogP contribution is -2.21. The van der Waals surface area contributed by atoms with E-state index in [1.54, 1.807) is 19.1 Å². The number of phenols is 1. The van der Waals surface area contributed by atoms with Crippen LogP contribution in [0.4, 0.5) is 0 Å². The molecule has 0 radical (unpaired) electrons. The number of carbonyl (C=O) groups is 1. The molecule has 0 bridgehead atoms. The van der Waals surface area contributed by atoms with E-state index in [-0.39, 0.29) is 41.6 Å². The fourth-order valence-corrected chi connectivity index (χ4v) is 3.05. The van der Waals surface area contributed by atoms with Gasteiger partial charge >= 0.3 is 7.75 Å². The summed E-state index contributed by atoms with van der Waals surface area (Å²) in [7, 11) is -4.84. The van der Waals surface area contributed by atoms with Gasteiger partial charge in [0.1, 0.15) is 17.3 Å². The van der Waals surface area contributed by atoms with Gasteiger partial charge in [-0.25, -0.2) is 4.57 Å². The molecule has 1 aliphatic carbocycles. The Morgan fingerprint density at radius 2 is 1.96 bits per heavy atom. The van der Waals surface area contributed by atoms with Crippen molar-refractivity contribution in [3.8, 4) is 5.75 Å². The summed E-state index contributed by atoms with van der Waals surface area (Å²) in [6.07, 6.45) is 0.499. The van der Waals surface area contributed by atoms with E-state index in [4.69, 9.17) is 9.79 Å². The van der Waals surface area contributed by atoms with E-state index >= 15 is 0 Å². The predicted molar refractivity (Wildman–Crippen MR) is 90.6 cm³/mol. The number of hydrogen-bond donors (Lipinski definition) is 5. The maximum atomic E-state index is 12.6. The number of phenolic OH excluding ortho intramolecular Hbond substituents is 1. The van der Waals surface area contributed by atoms with Gasteiger partial charge in [0.2, 0.25) is 0 Å². The summed E-state index contributed by atoms with van der Waals surface area (Å²) in [6.45, 7) is 1.74. The van der Waals surface area contributed by atoms with Crippen LogP contribution >= 0.6 is 7.75 Å². The average molecular weight is 367 g/mol. The minimum atomic E-state index is -4.84. The lowest BCUT2D eigenvalue weighted by molar-refractivity contribution is -0.115. The fraction of sp³-hybridized carbons (Fsp3) is 0.250. The van der Waals surface area contributed by atoms with Gasteiger partial charge in [-0.15, -0.1) is 0 Å². The van der Waals surface area contributed by atoms with Crippen LogP contribution in [-0.4, -0.2) is 36.6 Å². The molecular formula is C16H18NO7P. The molecule has 2 rings (SSSR count). The van der Waals surface area contributed by atoms with Crippen molar-refractivity contribution in [2.24, 2.45) is 4.76 Å². The molecule has 5 N–H and O–H groups in total. The number of carbonyl (C=O) groups excluding carboxylic acids is 1. The molecule has 0 amide bonds. The first-order valence-electron chi connectivity index (χ1n) is 7.36. The van der Waals surface area contributed by atoms with Crippen LogP contribution in [0.2, 0.25) is 0 Å². The number of benzene rings is 1. The SMILES string of the molecule is CC(CC(=O)C1=C(O)C=C(O)CC1=NP(=O)(O)O)c1cccc(O)c1. The Labute approximate surface area is 143 Å². The van der Waals surface area contributed by atoms with E-state index in [0.29, 0.717) is 5.56 Å². The van der Waals surface area contributed by atoms with E-state index in [1.807, 2.05) is 0 Å². The summed E-state index contributed by atoms with van der Waals surface area (Å²) in [5, 5.41) is 29.0. The molecule has 0 saturated heterocycles.